The molecular weight excluding hydrogens is 590 g/mol. The lowest BCUT2D eigenvalue weighted by Crippen LogP contribution is -2.70. The predicted octanol–water partition coefficient (Wildman–Crippen LogP) is 4.21. The Hall–Kier alpha value is -4.02. The van der Waals surface area contributed by atoms with Crippen molar-refractivity contribution in [2.75, 3.05) is 14.2 Å². The average Bonchev–Trinajstić information content (AvgIpc) is 3.76. The molecule has 2 aromatic rings. The number of hydrogen-bond acceptors (Lipinski definition) is 9. The largest absolute Gasteiger partial charge is 0.472 e. The van der Waals surface area contributed by atoms with Crippen LogP contribution in [-0.2, 0) is 33.4 Å². The maximum atomic E-state index is 14.4. The Balaban J connectivity index is 1.47. The molecule has 0 spiro atoms. The Labute approximate surface area is 268 Å². The number of amides is 1. The van der Waals surface area contributed by atoms with Gasteiger partial charge >= 0.3 is 11.9 Å². The number of ether oxygens (including phenoxy) is 3. The molecule has 1 aromatic carbocycles. The minimum atomic E-state index is -1.48. The third kappa shape index (κ3) is 4.44. The van der Waals surface area contributed by atoms with Crippen molar-refractivity contribution in [1.82, 2.24) is 5.32 Å². The number of fused-ring (bicyclic) bond motifs is 4. The molecular formula is C36H41NO9. The fraction of sp³-hybridized carbons (Fsp3) is 0.500. The Kier molecular flexibility index (Phi) is 7.88. The van der Waals surface area contributed by atoms with E-state index in [1.165, 1.54) is 26.4 Å². The standard InChI is InChI=1S/C36H41NO9/c1-19-22(21-13-15-45-18-21)16-23-27(19)36(4)24(17-26(39)43-5)35(3)25(38)12-14-34(2,30(35)29(40)31(36)46-23)33(42)37-28(32(41)44-6)20-10-8-7-9-11-20/h7-15,18,22-24,28-31,40H,16-17H2,1-6H3,(H,37,42)/t22-,23-,24-,28?,29-,30+,31-,34-,35+,36-/m1/s1. The summed E-state index contributed by atoms with van der Waals surface area (Å²) in [6, 6.07) is 9.51. The first kappa shape index (κ1) is 31.9. The molecule has 0 bridgehead atoms. The van der Waals surface area contributed by atoms with Gasteiger partial charge < -0.3 is 29.1 Å². The molecule has 2 N–H and O–H groups in total. The van der Waals surface area contributed by atoms with Crippen molar-refractivity contribution in [2.24, 2.45) is 28.1 Å². The molecule has 2 fully saturated rings. The summed E-state index contributed by atoms with van der Waals surface area (Å²) in [4.78, 5) is 54.7. The van der Waals surface area contributed by atoms with E-state index in [0.29, 0.717) is 12.0 Å². The van der Waals surface area contributed by atoms with Crippen molar-refractivity contribution >= 4 is 23.6 Å². The van der Waals surface area contributed by atoms with Crippen molar-refractivity contribution in [3.63, 3.8) is 0 Å². The molecule has 4 aliphatic rings. The summed E-state index contributed by atoms with van der Waals surface area (Å²) in [7, 11) is 2.55. The SMILES string of the molecule is COC(=O)C[C@H]1[C@]2(C)C3=C(C)[C@H](c4ccoc4)C[C@H]3O[C@@H]2[C@H](O)[C@@H]2[C@]1(C)C(=O)C=C[C@@]2(C)C(=O)NC(C(=O)OC)c1ccccc1. The van der Waals surface area contributed by atoms with Gasteiger partial charge in [0.05, 0.1) is 56.9 Å². The molecule has 1 aliphatic heterocycles. The second-order valence-electron chi connectivity index (χ2n) is 13.7. The van der Waals surface area contributed by atoms with E-state index in [-0.39, 0.29) is 24.2 Å². The van der Waals surface area contributed by atoms with E-state index in [0.717, 1.165) is 16.7 Å². The van der Waals surface area contributed by atoms with Gasteiger partial charge in [0.25, 0.3) is 0 Å². The van der Waals surface area contributed by atoms with Gasteiger partial charge in [-0.15, -0.1) is 0 Å². The van der Waals surface area contributed by atoms with Gasteiger partial charge in [-0.3, -0.25) is 14.4 Å². The van der Waals surface area contributed by atoms with Crippen molar-refractivity contribution in [2.45, 2.75) is 70.8 Å². The number of ketones is 1. The molecule has 10 nitrogen and oxygen atoms in total. The Morgan fingerprint density at radius 2 is 1.78 bits per heavy atom. The number of carbonyl (C=O) groups excluding carboxylic acids is 4. The van der Waals surface area contributed by atoms with Gasteiger partial charge in [-0.2, -0.15) is 0 Å². The number of esters is 2. The van der Waals surface area contributed by atoms with Crippen LogP contribution in [0.15, 0.2) is 76.6 Å². The van der Waals surface area contributed by atoms with Crippen LogP contribution in [0.5, 0.6) is 0 Å². The van der Waals surface area contributed by atoms with Crippen molar-refractivity contribution in [3.8, 4) is 0 Å². The van der Waals surface area contributed by atoms with Crippen molar-refractivity contribution in [3.05, 3.63) is 83.3 Å². The van der Waals surface area contributed by atoms with Crippen LogP contribution in [0.25, 0.3) is 0 Å². The van der Waals surface area contributed by atoms with Gasteiger partial charge in [0.1, 0.15) is 0 Å². The zero-order valence-corrected chi connectivity index (χ0v) is 26.9. The molecule has 1 saturated carbocycles. The first-order chi connectivity index (χ1) is 21.8. The molecule has 0 radical (unpaired) electrons. The third-order valence-electron chi connectivity index (χ3n) is 11.6. The molecule has 10 atom stereocenters. The monoisotopic (exact) mass is 631 g/mol. The number of rotatable bonds is 7. The molecule has 1 amide bonds. The average molecular weight is 632 g/mol. The van der Waals surface area contributed by atoms with E-state index in [1.807, 2.05) is 19.9 Å². The molecule has 46 heavy (non-hydrogen) atoms. The Bertz CT molecular complexity index is 1610. The number of benzene rings is 1. The number of carbonyl (C=O) groups is 4. The fourth-order valence-electron chi connectivity index (χ4n) is 9.42. The number of nitrogens with one attached hydrogen (secondary N) is 1. The van der Waals surface area contributed by atoms with Crippen LogP contribution in [0.4, 0.5) is 0 Å². The first-order valence-corrected chi connectivity index (χ1v) is 15.6. The van der Waals surface area contributed by atoms with Gasteiger partial charge in [-0.05, 0) is 55.0 Å². The minimum Gasteiger partial charge on any atom is -0.472 e. The highest BCUT2D eigenvalue weighted by Gasteiger charge is 2.74. The number of furan rings is 1. The van der Waals surface area contributed by atoms with Gasteiger partial charge in [-0.1, -0.05) is 55.8 Å². The highest BCUT2D eigenvalue weighted by Crippen LogP contribution is 2.70. The summed E-state index contributed by atoms with van der Waals surface area (Å²) < 4.78 is 22.3. The molecule has 3 aliphatic carbocycles. The summed E-state index contributed by atoms with van der Waals surface area (Å²) in [6.45, 7) is 7.41. The van der Waals surface area contributed by atoms with Gasteiger partial charge in [0, 0.05) is 22.7 Å². The third-order valence-corrected chi connectivity index (χ3v) is 11.6. The first-order valence-electron chi connectivity index (χ1n) is 15.6. The quantitative estimate of drug-likeness (QED) is 0.340. The Morgan fingerprint density at radius 3 is 2.41 bits per heavy atom. The van der Waals surface area contributed by atoms with E-state index >= 15 is 0 Å². The lowest BCUT2D eigenvalue weighted by atomic mass is 9.41. The summed E-state index contributed by atoms with van der Waals surface area (Å²) in [5, 5.41) is 15.2. The second kappa shape index (κ2) is 11.3. The summed E-state index contributed by atoms with van der Waals surface area (Å²) in [5.74, 6) is -3.72. The topological polar surface area (TPSA) is 141 Å². The van der Waals surface area contributed by atoms with Crippen LogP contribution in [0.3, 0.4) is 0 Å². The molecule has 1 aromatic heterocycles. The zero-order chi connectivity index (χ0) is 33.2. The number of hydrogen-bond donors (Lipinski definition) is 2. The second-order valence-corrected chi connectivity index (χ2v) is 13.7. The highest BCUT2D eigenvalue weighted by atomic mass is 16.5. The van der Waals surface area contributed by atoms with E-state index in [1.54, 1.807) is 56.7 Å². The van der Waals surface area contributed by atoms with Crippen LogP contribution in [0, 0.1) is 28.1 Å². The van der Waals surface area contributed by atoms with Crippen LogP contribution < -0.4 is 5.32 Å². The summed E-state index contributed by atoms with van der Waals surface area (Å²) >= 11 is 0. The fourth-order valence-corrected chi connectivity index (χ4v) is 9.42. The zero-order valence-electron chi connectivity index (χ0n) is 26.9. The van der Waals surface area contributed by atoms with E-state index < -0.39 is 64.2 Å². The summed E-state index contributed by atoms with van der Waals surface area (Å²) in [5.41, 5.74) is -0.263. The Morgan fingerprint density at radius 1 is 1.07 bits per heavy atom. The number of allylic oxidation sites excluding steroid dienone is 2. The van der Waals surface area contributed by atoms with Gasteiger partial charge in [0.2, 0.25) is 5.91 Å². The molecule has 1 unspecified atom stereocenters. The predicted molar refractivity (Wildman–Crippen MR) is 165 cm³/mol. The van der Waals surface area contributed by atoms with Crippen LogP contribution >= 0.6 is 0 Å². The van der Waals surface area contributed by atoms with E-state index in [4.69, 9.17) is 18.6 Å². The van der Waals surface area contributed by atoms with Crippen molar-refractivity contribution in [1.29, 1.82) is 0 Å². The lowest BCUT2D eigenvalue weighted by molar-refractivity contribution is -0.211. The maximum Gasteiger partial charge on any atom is 0.333 e. The van der Waals surface area contributed by atoms with Crippen molar-refractivity contribution < 1.29 is 42.9 Å². The number of aliphatic hydroxyl groups is 1. The van der Waals surface area contributed by atoms with Crippen LogP contribution in [0.1, 0.15) is 63.6 Å². The minimum absolute atomic E-state index is 0.0178. The molecule has 6 rings (SSSR count). The number of aliphatic hydroxyl groups excluding tert-OH is 1. The van der Waals surface area contributed by atoms with E-state index in [9.17, 15) is 24.3 Å². The molecule has 244 valence electrons. The van der Waals surface area contributed by atoms with E-state index in [2.05, 4.69) is 5.32 Å². The smallest absolute Gasteiger partial charge is 0.333 e. The number of methoxy groups -OCH3 is 2. The van der Waals surface area contributed by atoms with Gasteiger partial charge in [0.15, 0.2) is 11.8 Å². The molecule has 2 heterocycles. The molecule has 10 heteroatoms. The van der Waals surface area contributed by atoms with Crippen LogP contribution in [0.2, 0.25) is 0 Å². The molecule has 1 saturated heterocycles. The highest BCUT2D eigenvalue weighted by molar-refractivity contribution is 6.01. The normalized spacial score (nSPS) is 36.8. The van der Waals surface area contributed by atoms with Gasteiger partial charge in [-0.25, -0.2) is 4.79 Å². The maximum absolute atomic E-state index is 14.4. The summed E-state index contributed by atoms with van der Waals surface area (Å²) in [6.07, 6.45) is 4.26. The lowest BCUT2D eigenvalue weighted by Gasteiger charge is -2.62. The van der Waals surface area contributed by atoms with Crippen LogP contribution in [-0.4, -0.2) is 61.3 Å².